The summed E-state index contributed by atoms with van der Waals surface area (Å²) in [6, 6.07) is 0. The van der Waals surface area contributed by atoms with Gasteiger partial charge in [0.2, 0.25) is 0 Å². The van der Waals surface area contributed by atoms with Gasteiger partial charge in [-0.25, -0.2) is 0 Å². The highest BCUT2D eigenvalue weighted by atomic mass is 19.4. The molecule has 0 unspecified atom stereocenters. The summed E-state index contributed by atoms with van der Waals surface area (Å²) in [5, 5.41) is 15.7. The van der Waals surface area contributed by atoms with Gasteiger partial charge in [-0.15, -0.1) is 0 Å². The summed E-state index contributed by atoms with van der Waals surface area (Å²) in [5.41, 5.74) is 0. The molecular weight excluding hydrogens is 628 g/mol. The summed E-state index contributed by atoms with van der Waals surface area (Å²) in [4.78, 5) is 0. The molecule has 0 radical (unpaired) electrons. The van der Waals surface area contributed by atoms with Gasteiger partial charge < -0.3 is 14.7 Å². The Hall–Kier alpha value is -1.67. The Morgan fingerprint density at radius 1 is 0.316 bits per heavy atom. The molecule has 0 saturated heterocycles. The third-order valence-corrected chi connectivity index (χ3v) is 4.13. The van der Waals surface area contributed by atoms with Crippen LogP contribution in [0.25, 0.3) is 0 Å². The topological polar surface area (TPSA) is 49.7 Å². The quantitative estimate of drug-likeness (QED) is 0.223. The van der Waals surface area contributed by atoms with Gasteiger partial charge in [0.1, 0.15) is 0 Å². The molecule has 0 aliphatic carbocycles. The van der Waals surface area contributed by atoms with Crippen molar-refractivity contribution in [1.29, 1.82) is 0 Å². The molecule has 38 heavy (non-hydrogen) atoms. The zero-order valence-electron chi connectivity index (χ0n) is 16.1. The molecule has 0 aromatic rings. The first-order chi connectivity index (χ1) is 15.9. The largest absolute Gasteiger partial charge is 0.638 e. The number of alkyl halides is 23. The molecule has 0 fully saturated rings. The molecule has 0 aliphatic heterocycles. The van der Waals surface area contributed by atoms with Crippen LogP contribution in [0.4, 0.5) is 101 Å². The van der Waals surface area contributed by atoms with E-state index in [0.717, 1.165) is 0 Å². The SMILES string of the molecule is OB(O)OC(F)(F)C(F)(F)C(F)(F)C(F)(F)C(F)(F)C(F)(F)C(F)(F)C(F)(F)C(F)(F)C(F)(F)C(F)(F)F. The van der Waals surface area contributed by atoms with Crippen molar-refractivity contribution in [3.8, 4) is 0 Å². The lowest BCUT2D eigenvalue weighted by atomic mass is 9.86. The minimum absolute atomic E-state index is 1.84. The third-order valence-electron chi connectivity index (χ3n) is 4.13. The molecule has 228 valence electrons. The molecule has 0 saturated carbocycles. The van der Waals surface area contributed by atoms with Crippen molar-refractivity contribution in [1.82, 2.24) is 0 Å². The minimum Gasteiger partial charge on any atom is -0.402 e. The van der Waals surface area contributed by atoms with E-state index in [-0.39, 0.29) is 0 Å². The van der Waals surface area contributed by atoms with E-state index < -0.39 is 72.9 Å². The summed E-state index contributed by atoms with van der Waals surface area (Å²) >= 11 is 0. The molecule has 0 rings (SSSR count). The summed E-state index contributed by atoms with van der Waals surface area (Å²) in [6.07, 6.45) is -15.7. The van der Waals surface area contributed by atoms with Gasteiger partial charge in [0, 0.05) is 0 Å². The van der Waals surface area contributed by atoms with E-state index in [4.69, 9.17) is 10.0 Å². The average molecular weight is 630 g/mol. The van der Waals surface area contributed by atoms with Crippen LogP contribution in [0.2, 0.25) is 0 Å². The number of halogens is 23. The van der Waals surface area contributed by atoms with Gasteiger partial charge in [-0.3, -0.25) is 0 Å². The number of hydrogen-bond acceptors (Lipinski definition) is 3. The van der Waals surface area contributed by atoms with Gasteiger partial charge in [0.15, 0.2) is 0 Å². The Kier molecular flexibility index (Phi) is 8.53. The summed E-state index contributed by atoms with van der Waals surface area (Å²) in [6.45, 7) is 0. The number of hydrogen-bond donors (Lipinski definition) is 2. The summed E-state index contributed by atoms with van der Waals surface area (Å²) < 4.78 is 301. The van der Waals surface area contributed by atoms with Crippen molar-refractivity contribution in [2.75, 3.05) is 0 Å². The normalized spacial score (nSPS) is 16.7. The van der Waals surface area contributed by atoms with E-state index in [1.54, 1.807) is 0 Å². The molecule has 0 aliphatic rings. The van der Waals surface area contributed by atoms with Crippen molar-refractivity contribution in [3.05, 3.63) is 0 Å². The monoisotopic (exact) mass is 630 g/mol. The predicted molar refractivity (Wildman–Crippen MR) is 66.8 cm³/mol. The number of rotatable bonds is 11. The lowest BCUT2D eigenvalue weighted by Gasteiger charge is -2.45. The van der Waals surface area contributed by atoms with Crippen LogP contribution >= 0.6 is 0 Å². The summed E-state index contributed by atoms with van der Waals surface area (Å²) in [5.74, 6) is -82.1. The van der Waals surface area contributed by atoms with Crippen molar-refractivity contribution < 1.29 is 116 Å². The van der Waals surface area contributed by atoms with Crippen LogP contribution in [0.15, 0.2) is 0 Å². The molecule has 3 nitrogen and oxygen atoms in total. The Morgan fingerprint density at radius 3 is 0.684 bits per heavy atom. The first-order valence-electron chi connectivity index (χ1n) is 7.80. The van der Waals surface area contributed by atoms with Gasteiger partial charge in [-0.05, 0) is 0 Å². The lowest BCUT2D eigenvalue weighted by molar-refractivity contribution is -0.484. The van der Waals surface area contributed by atoms with Crippen LogP contribution in [-0.2, 0) is 4.65 Å². The third kappa shape index (κ3) is 4.38. The second kappa shape index (κ2) is 8.92. The highest BCUT2D eigenvalue weighted by molar-refractivity contribution is 6.32. The molecular formula is C11H2BF23O3. The molecule has 27 heteroatoms. The fourth-order valence-electron chi connectivity index (χ4n) is 1.95. The first-order valence-corrected chi connectivity index (χ1v) is 7.80. The van der Waals surface area contributed by atoms with Crippen molar-refractivity contribution in [3.63, 3.8) is 0 Å². The molecule has 0 heterocycles. The Balaban J connectivity index is 7.18. The van der Waals surface area contributed by atoms with E-state index in [1.807, 2.05) is 4.65 Å². The maximum absolute atomic E-state index is 13.4. The Bertz CT molecular complexity index is 859. The van der Waals surface area contributed by atoms with E-state index in [2.05, 4.69) is 0 Å². The first kappa shape index (κ1) is 36.3. The molecule has 0 spiro atoms. The molecule has 2 N–H and O–H groups in total. The molecule has 0 amide bonds. The molecule has 0 aromatic heterocycles. The van der Waals surface area contributed by atoms with E-state index >= 15 is 0 Å². The molecule has 0 bridgehead atoms. The van der Waals surface area contributed by atoms with E-state index in [0.29, 0.717) is 0 Å². The molecule has 0 atom stereocenters. The van der Waals surface area contributed by atoms with Crippen LogP contribution in [0.3, 0.4) is 0 Å². The van der Waals surface area contributed by atoms with Crippen LogP contribution in [0.1, 0.15) is 0 Å². The van der Waals surface area contributed by atoms with Crippen LogP contribution in [0, 0.1) is 0 Å². The van der Waals surface area contributed by atoms with Crippen LogP contribution in [0.5, 0.6) is 0 Å². The second-order valence-corrected chi connectivity index (χ2v) is 6.63. The van der Waals surface area contributed by atoms with Crippen LogP contribution < -0.4 is 0 Å². The zero-order valence-corrected chi connectivity index (χ0v) is 16.1. The Labute approximate surface area is 190 Å². The highest BCUT2D eigenvalue weighted by Gasteiger charge is 2.99. The fraction of sp³-hybridized carbons (Fsp3) is 1.00. The maximum Gasteiger partial charge on any atom is 0.638 e. The molecule has 0 aromatic carbocycles. The standard InChI is InChI=1S/C11H2BF23O3/c13-1(14,2(15,16)4(19,20)6(23,24)8(27,28)10(31,32)33)3(17,18)5(21,22)7(25,26)9(29,30)11(34,35)38-12(36)37/h36-37H. The van der Waals surface area contributed by atoms with Crippen molar-refractivity contribution in [2.24, 2.45) is 0 Å². The zero-order chi connectivity index (χ0) is 31.8. The van der Waals surface area contributed by atoms with E-state index in [9.17, 15) is 101 Å². The maximum atomic E-state index is 13.4. The van der Waals surface area contributed by atoms with Gasteiger partial charge in [-0.2, -0.15) is 101 Å². The van der Waals surface area contributed by atoms with Crippen LogP contribution in [-0.4, -0.2) is 83.0 Å². The summed E-state index contributed by atoms with van der Waals surface area (Å²) in [7, 11) is -4.41. The minimum atomic E-state index is -9.50. The average Bonchev–Trinajstić information content (AvgIpc) is 2.64. The Morgan fingerprint density at radius 2 is 0.500 bits per heavy atom. The predicted octanol–water partition coefficient (Wildman–Crippen LogP) is 5.85. The van der Waals surface area contributed by atoms with Gasteiger partial charge >= 0.3 is 72.9 Å². The smallest absolute Gasteiger partial charge is 0.402 e. The lowest BCUT2D eigenvalue weighted by Crippen LogP contribution is -2.77. The van der Waals surface area contributed by atoms with Crippen molar-refractivity contribution in [2.45, 2.75) is 65.6 Å². The fourth-order valence-corrected chi connectivity index (χ4v) is 1.95. The highest BCUT2D eigenvalue weighted by Crippen LogP contribution is 2.67. The van der Waals surface area contributed by atoms with Gasteiger partial charge in [-0.1, -0.05) is 0 Å². The van der Waals surface area contributed by atoms with E-state index in [1.165, 1.54) is 0 Å². The van der Waals surface area contributed by atoms with Gasteiger partial charge in [0.25, 0.3) is 0 Å². The van der Waals surface area contributed by atoms with Gasteiger partial charge in [0.05, 0.1) is 0 Å². The van der Waals surface area contributed by atoms with Crippen molar-refractivity contribution >= 4 is 7.32 Å². The second-order valence-electron chi connectivity index (χ2n) is 6.63.